The predicted molar refractivity (Wildman–Crippen MR) is 137 cm³/mol. The number of hydrogen-bond donors (Lipinski definition) is 0. The number of rotatable bonds is 6. The third-order valence-electron chi connectivity index (χ3n) is 7.80. The van der Waals surface area contributed by atoms with Gasteiger partial charge in [0, 0.05) is 6.42 Å². The van der Waals surface area contributed by atoms with Gasteiger partial charge in [0.1, 0.15) is 12.2 Å². The lowest BCUT2D eigenvalue weighted by Crippen LogP contribution is -2.52. The molecule has 0 amide bonds. The van der Waals surface area contributed by atoms with Gasteiger partial charge in [-0.1, -0.05) is 38.5 Å². The minimum absolute atomic E-state index is 0.0147. The van der Waals surface area contributed by atoms with Gasteiger partial charge in [-0.15, -0.1) is 6.42 Å². The Kier molecular flexibility index (Phi) is 6.17. The third kappa shape index (κ3) is 4.49. The van der Waals surface area contributed by atoms with Crippen LogP contribution in [0.4, 0.5) is 0 Å². The normalized spacial score (nSPS) is 42.0. The molecule has 0 bridgehead atoms. The first kappa shape index (κ1) is 27.0. The second-order valence-electron chi connectivity index (χ2n) is 13.1. The maximum absolute atomic E-state index is 12.6. The Bertz CT molecular complexity index is 994. The topological polar surface area (TPSA) is 79.0 Å². The van der Waals surface area contributed by atoms with Gasteiger partial charge >= 0.3 is 0 Å². The van der Waals surface area contributed by atoms with E-state index < -0.39 is 51.4 Å². The van der Waals surface area contributed by atoms with Gasteiger partial charge in [0.25, 0.3) is 0 Å². The van der Waals surface area contributed by atoms with Crippen molar-refractivity contribution >= 4 is 22.9 Å². The van der Waals surface area contributed by atoms with Gasteiger partial charge in [0.2, 0.25) is 0 Å². The second kappa shape index (κ2) is 7.99. The predicted octanol–water partition coefficient (Wildman–Crippen LogP) is 3.63. The molecule has 0 aromatic carbocycles. The summed E-state index contributed by atoms with van der Waals surface area (Å²) in [5, 5.41) is 0.0147. The van der Waals surface area contributed by atoms with Crippen LogP contribution in [0.1, 0.15) is 41.0 Å². The minimum Gasteiger partial charge on any atom is -0.411 e. The van der Waals surface area contributed by atoms with E-state index in [9.17, 15) is 4.79 Å². The fourth-order valence-corrected chi connectivity index (χ4v) is 7.56. The fraction of sp³-hybridized carbons (Fsp3) is 0.808. The molecule has 3 aliphatic heterocycles. The molecule has 1 saturated carbocycles. The first-order chi connectivity index (χ1) is 15.9. The van der Waals surface area contributed by atoms with Crippen molar-refractivity contribution in [3.63, 3.8) is 0 Å². The fourth-order valence-electron chi connectivity index (χ4n) is 4.91. The van der Waals surface area contributed by atoms with Crippen molar-refractivity contribution in [2.75, 3.05) is 6.61 Å². The van der Waals surface area contributed by atoms with Crippen LogP contribution >= 0.6 is 0 Å². The average molecular weight is 521 g/mol. The van der Waals surface area contributed by atoms with Crippen LogP contribution in [0.3, 0.4) is 0 Å². The highest BCUT2D eigenvalue weighted by molar-refractivity contribution is 6.74. The summed E-state index contributed by atoms with van der Waals surface area (Å²) in [6, 6.07) is 0. The molecule has 0 radical (unpaired) electrons. The van der Waals surface area contributed by atoms with Gasteiger partial charge in [-0.05, 0) is 51.6 Å². The van der Waals surface area contributed by atoms with Crippen LogP contribution in [0.15, 0.2) is 0 Å². The number of carbonyl (C=O) groups excluding carboxylic acids is 1. The number of terminal acetylenes is 1. The number of hydrogen-bond acceptors (Lipinski definition) is 7. The van der Waals surface area contributed by atoms with Crippen LogP contribution in [0.2, 0.25) is 37.8 Å². The molecule has 0 aromatic heterocycles. The van der Waals surface area contributed by atoms with Crippen molar-refractivity contribution in [1.82, 2.24) is 0 Å². The van der Waals surface area contributed by atoms with E-state index in [1.54, 1.807) is 0 Å². The summed E-state index contributed by atoms with van der Waals surface area (Å²) in [6.07, 6.45) is 5.40. The van der Waals surface area contributed by atoms with Crippen molar-refractivity contribution in [2.45, 2.75) is 126 Å². The Morgan fingerprint density at radius 3 is 2.17 bits per heavy atom. The van der Waals surface area contributed by atoms with E-state index in [1.165, 1.54) is 0 Å². The Balaban J connectivity index is 1.72. The first-order valence-electron chi connectivity index (χ1n) is 12.4. The van der Waals surface area contributed by atoms with Crippen LogP contribution in [-0.2, 0) is 32.6 Å². The smallest absolute Gasteiger partial charge is 0.195 e. The Morgan fingerprint density at radius 2 is 1.71 bits per heavy atom. The van der Waals surface area contributed by atoms with Crippen molar-refractivity contribution in [3.8, 4) is 24.2 Å². The molecule has 0 N–H and O–H groups in total. The van der Waals surface area contributed by atoms with Crippen LogP contribution in [-0.4, -0.2) is 76.5 Å². The highest BCUT2D eigenvalue weighted by atomic mass is 28.4. The van der Waals surface area contributed by atoms with Crippen molar-refractivity contribution < 1.29 is 32.6 Å². The summed E-state index contributed by atoms with van der Waals surface area (Å²) in [4.78, 5) is 12.6. The average Bonchev–Trinajstić information content (AvgIpc) is 3.56. The lowest BCUT2D eigenvalue weighted by atomic mass is 9.89. The monoisotopic (exact) mass is 520 g/mol. The summed E-state index contributed by atoms with van der Waals surface area (Å²) in [5.41, 5.74) is -3.32. The molecule has 0 aromatic rings. The molecule has 4 aliphatic rings. The van der Waals surface area contributed by atoms with E-state index >= 15 is 0 Å². The van der Waals surface area contributed by atoms with Gasteiger partial charge in [-0.2, -0.15) is 0 Å². The number of carbonyl (C=O) groups is 1. The Morgan fingerprint density at radius 1 is 1.06 bits per heavy atom. The van der Waals surface area contributed by atoms with E-state index in [0.717, 1.165) is 6.29 Å². The molecule has 4 rings (SSSR count). The molecule has 0 unspecified atom stereocenters. The molecule has 7 atom stereocenters. The van der Waals surface area contributed by atoms with Crippen molar-refractivity contribution in [2.24, 2.45) is 0 Å². The molecule has 194 valence electrons. The van der Waals surface area contributed by atoms with E-state index in [0.29, 0.717) is 13.0 Å². The maximum Gasteiger partial charge on any atom is 0.195 e. The summed E-state index contributed by atoms with van der Waals surface area (Å²) < 4.78 is 37.3. The van der Waals surface area contributed by atoms with E-state index in [4.69, 9.17) is 34.2 Å². The van der Waals surface area contributed by atoms with Gasteiger partial charge < -0.3 is 27.8 Å². The largest absolute Gasteiger partial charge is 0.411 e. The molecule has 9 heteroatoms. The molecule has 3 saturated heterocycles. The first-order valence-corrected chi connectivity index (χ1v) is 18.7. The van der Waals surface area contributed by atoms with Crippen molar-refractivity contribution in [1.29, 1.82) is 0 Å². The zero-order chi connectivity index (χ0) is 26.3. The molecular formula is C26H40O7Si2. The van der Waals surface area contributed by atoms with Crippen LogP contribution in [0.25, 0.3) is 0 Å². The number of fused-ring (bicyclic) bond motifs is 1. The molecule has 0 spiro atoms. The van der Waals surface area contributed by atoms with E-state index in [-0.39, 0.29) is 17.2 Å². The Labute approximate surface area is 212 Å². The van der Waals surface area contributed by atoms with Gasteiger partial charge in [0.05, 0.1) is 12.7 Å². The maximum atomic E-state index is 12.6. The van der Waals surface area contributed by atoms with E-state index in [1.807, 2.05) is 13.8 Å². The van der Waals surface area contributed by atoms with E-state index in [2.05, 4.69) is 71.3 Å². The molecule has 1 aliphatic carbocycles. The standard InChI is InChI=1S/C26H40O7Si2/c1-12-19-25(30-19,20-16-28-23(5,6)29-20)14-13-24(33-34(7,8)9)15-18(21-26(24,17-27)31-21)32-35(10,11)22(2,3)4/h1,17-21H,15-16H2,2-11H3/t18-,19-,20-,21+,24+,25+,26+/m1/s1. The van der Waals surface area contributed by atoms with Crippen LogP contribution < -0.4 is 0 Å². The van der Waals surface area contributed by atoms with Gasteiger partial charge in [-0.25, -0.2) is 0 Å². The highest BCUT2D eigenvalue weighted by Crippen LogP contribution is 2.59. The SMILES string of the molecule is C#C[C@H]1O[C@]1(C#C[C@]1(O[Si](C)(C)C)C[C@@H](O[Si](C)(C)C(C)(C)C)[C@@H]2O[C@@]21C=O)[C@H]1COC(C)(C)O1. The highest BCUT2D eigenvalue weighted by Gasteiger charge is 2.80. The Hall–Kier alpha value is -1.02. The summed E-state index contributed by atoms with van der Waals surface area (Å²) >= 11 is 0. The molecular weight excluding hydrogens is 480 g/mol. The third-order valence-corrected chi connectivity index (χ3v) is 13.3. The summed E-state index contributed by atoms with van der Waals surface area (Å²) in [5.74, 6) is 8.54. The minimum atomic E-state index is -2.18. The zero-order valence-electron chi connectivity index (χ0n) is 22.7. The van der Waals surface area contributed by atoms with Crippen LogP contribution in [0, 0.1) is 24.2 Å². The second-order valence-corrected chi connectivity index (χ2v) is 22.3. The summed E-state index contributed by atoms with van der Waals surface area (Å²) in [6.45, 7) is 21.2. The molecule has 3 heterocycles. The summed E-state index contributed by atoms with van der Waals surface area (Å²) in [7, 11) is -4.31. The number of ether oxygens (including phenoxy) is 4. The van der Waals surface area contributed by atoms with Gasteiger partial charge in [-0.3, -0.25) is 4.79 Å². The molecule has 4 fully saturated rings. The quantitative estimate of drug-likeness (QED) is 0.229. The number of epoxide rings is 2. The van der Waals surface area contributed by atoms with Crippen LogP contribution in [0.5, 0.6) is 0 Å². The van der Waals surface area contributed by atoms with Gasteiger partial charge in [0.15, 0.2) is 51.6 Å². The van der Waals surface area contributed by atoms with Crippen molar-refractivity contribution in [3.05, 3.63) is 0 Å². The molecule has 7 nitrogen and oxygen atoms in total. The lowest BCUT2D eigenvalue weighted by molar-refractivity contribution is -0.143. The lowest BCUT2D eigenvalue weighted by Gasteiger charge is -2.40. The zero-order valence-corrected chi connectivity index (χ0v) is 24.7. The molecule has 35 heavy (non-hydrogen) atoms. The number of aldehydes is 1.